The highest BCUT2D eigenvalue weighted by Gasteiger charge is 2.11. The lowest BCUT2D eigenvalue weighted by atomic mass is 10.2. The Hall–Kier alpha value is -3.43. The summed E-state index contributed by atoms with van der Waals surface area (Å²) in [6, 6.07) is 17.6. The van der Waals surface area contributed by atoms with Gasteiger partial charge in [0, 0.05) is 10.7 Å². The number of anilines is 3. The molecule has 0 spiro atoms. The summed E-state index contributed by atoms with van der Waals surface area (Å²) in [4.78, 5) is 12.3. The van der Waals surface area contributed by atoms with Crippen molar-refractivity contribution in [2.45, 2.75) is 6.92 Å². The molecule has 3 rings (SSSR count). The predicted molar refractivity (Wildman–Crippen MR) is 101 cm³/mol. The molecule has 0 aliphatic rings. The van der Waals surface area contributed by atoms with Gasteiger partial charge in [-0.1, -0.05) is 23.7 Å². The summed E-state index contributed by atoms with van der Waals surface area (Å²) in [6.07, 6.45) is 0. The van der Waals surface area contributed by atoms with Crippen LogP contribution in [0.15, 0.2) is 54.6 Å². The molecule has 0 aliphatic heterocycles. The first-order valence-electron chi connectivity index (χ1n) is 7.74. The second-order valence-corrected chi connectivity index (χ2v) is 5.94. The van der Waals surface area contributed by atoms with E-state index in [9.17, 15) is 4.79 Å². The highest BCUT2D eigenvalue weighted by molar-refractivity contribution is 6.30. The third kappa shape index (κ3) is 3.97. The van der Waals surface area contributed by atoms with Gasteiger partial charge in [0.1, 0.15) is 6.07 Å². The summed E-state index contributed by atoms with van der Waals surface area (Å²) < 4.78 is 0. The maximum Gasteiger partial charge on any atom is 0.276 e. The average Bonchev–Trinajstić information content (AvgIpc) is 2.65. The molecule has 1 amide bonds. The first-order valence-corrected chi connectivity index (χ1v) is 8.12. The lowest BCUT2D eigenvalue weighted by Gasteiger charge is -2.09. The molecule has 0 fully saturated rings. The monoisotopic (exact) mass is 363 g/mol. The van der Waals surface area contributed by atoms with Crippen molar-refractivity contribution >= 4 is 34.7 Å². The molecule has 1 aromatic heterocycles. The number of hydrogen-bond acceptors (Lipinski definition) is 5. The van der Waals surface area contributed by atoms with Gasteiger partial charge in [0.25, 0.3) is 5.91 Å². The van der Waals surface area contributed by atoms with Crippen LogP contribution in [0.2, 0.25) is 5.02 Å². The molecule has 0 unspecified atom stereocenters. The Bertz CT molecular complexity index is 996. The number of amides is 1. The van der Waals surface area contributed by atoms with Gasteiger partial charge in [-0.15, -0.1) is 10.2 Å². The number of hydrogen-bond donors (Lipinski definition) is 2. The van der Waals surface area contributed by atoms with Crippen LogP contribution in [0, 0.1) is 18.3 Å². The van der Waals surface area contributed by atoms with E-state index in [1.807, 2.05) is 13.0 Å². The fraction of sp³-hybridized carbons (Fsp3) is 0.0526. The van der Waals surface area contributed by atoms with E-state index >= 15 is 0 Å². The van der Waals surface area contributed by atoms with Gasteiger partial charge in [0.05, 0.1) is 11.3 Å². The van der Waals surface area contributed by atoms with E-state index in [2.05, 4.69) is 26.9 Å². The van der Waals surface area contributed by atoms with Crippen molar-refractivity contribution < 1.29 is 4.79 Å². The molecule has 3 aromatic rings. The number of aromatic nitrogens is 2. The number of para-hydroxylation sites is 1. The lowest BCUT2D eigenvalue weighted by Crippen LogP contribution is -2.15. The first kappa shape index (κ1) is 17.4. The molecule has 7 heteroatoms. The molecule has 0 atom stereocenters. The smallest absolute Gasteiger partial charge is 0.276 e. The van der Waals surface area contributed by atoms with Crippen LogP contribution in [0.5, 0.6) is 0 Å². The minimum atomic E-state index is -0.369. The molecule has 2 aromatic carbocycles. The fourth-order valence-corrected chi connectivity index (χ4v) is 2.53. The molecule has 0 aliphatic carbocycles. The maximum absolute atomic E-state index is 12.3. The maximum atomic E-state index is 12.3. The number of rotatable bonds is 4. The number of benzene rings is 2. The van der Waals surface area contributed by atoms with Crippen LogP contribution in [0.25, 0.3) is 0 Å². The van der Waals surface area contributed by atoms with Crippen LogP contribution < -0.4 is 10.6 Å². The summed E-state index contributed by atoms with van der Waals surface area (Å²) in [7, 11) is 0. The van der Waals surface area contributed by atoms with Crippen molar-refractivity contribution in [3.8, 4) is 6.07 Å². The van der Waals surface area contributed by atoms with Crippen LogP contribution in [0.4, 0.5) is 17.2 Å². The second kappa shape index (κ2) is 7.64. The Morgan fingerprint density at radius 1 is 1.08 bits per heavy atom. The lowest BCUT2D eigenvalue weighted by molar-refractivity contribution is 0.102. The number of carbonyl (C=O) groups is 1. The minimum absolute atomic E-state index is 0.179. The summed E-state index contributed by atoms with van der Waals surface area (Å²) in [5.74, 6) is 0.0684. The van der Waals surface area contributed by atoms with E-state index < -0.39 is 0 Å². The zero-order chi connectivity index (χ0) is 18.5. The molecule has 0 bridgehead atoms. The van der Waals surface area contributed by atoms with Crippen LogP contribution in [0.1, 0.15) is 21.6 Å². The second-order valence-electron chi connectivity index (χ2n) is 5.50. The highest BCUT2D eigenvalue weighted by Crippen LogP contribution is 2.21. The van der Waals surface area contributed by atoms with E-state index in [4.69, 9.17) is 16.9 Å². The molecule has 6 nitrogen and oxygen atoms in total. The van der Waals surface area contributed by atoms with Crippen LogP contribution >= 0.6 is 11.6 Å². The molecular formula is C19H14ClN5O. The molecule has 26 heavy (non-hydrogen) atoms. The number of aryl methyl sites for hydroxylation is 1. The predicted octanol–water partition coefficient (Wildman–Crippen LogP) is 4.31. The van der Waals surface area contributed by atoms with Crippen LogP contribution in [-0.4, -0.2) is 16.1 Å². The Labute approximate surface area is 155 Å². The van der Waals surface area contributed by atoms with Gasteiger partial charge < -0.3 is 10.6 Å². The highest BCUT2D eigenvalue weighted by atomic mass is 35.5. The van der Waals surface area contributed by atoms with E-state index in [1.165, 1.54) is 0 Å². The number of nitrogens with zero attached hydrogens (tertiary/aromatic N) is 3. The molecule has 128 valence electrons. The molecule has 1 heterocycles. The van der Waals surface area contributed by atoms with Crippen LogP contribution in [-0.2, 0) is 0 Å². The third-order valence-electron chi connectivity index (χ3n) is 3.64. The number of halogens is 1. The number of nitrogens with one attached hydrogen (secondary N) is 2. The summed E-state index contributed by atoms with van der Waals surface area (Å²) in [6.45, 7) is 1.85. The number of nitriles is 1. The molecule has 0 radical (unpaired) electrons. The van der Waals surface area contributed by atoms with Crippen molar-refractivity contribution in [2.75, 3.05) is 10.6 Å². The van der Waals surface area contributed by atoms with Crippen molar-refractivity contribution in [2.24, 2.45) is 0 Å². The normalized spacial score (nSPS) is 10.0. The molecule has 0 saturated carbocycles. The van der Waals surface area contributed by atoms with Gasteiger partial charge in [-0.2, -0.15) is 5.26 Å². The summed E-state index contributed by atoms with van der Waals surface area (Å²) >= 11 is 5.91. The molecule has 0 saturated heterocycles. The van der Waals surface area contributed by atoms with Crippen molar-refractivity contribution in [1.82, 2.24) is 10.2 Å². The topological polar surface area (TPSA) is 90.7 Å². The van der Waals surface area contributed by atoms with Gasteiger partial charge in [-0.05, 0) is 55.0 Å². The number of carbonyl (C=O) groups excluding carboxylic acids is 1. The largest absolute Gasteiger partial charge is 0.338 e. The summed E-state index contributed by atoms with van der Waals surface area (Å²) in [5.41, 5.74) is 2.81. The van der Waals surface area contributed by atoms with E-state index in [1.54, 1.807) is 48.5 Å². The van der Waals surface area contributed by atoms with Gasteiger partial charge >= 0.3 is 0 Å². The van der Waals surface area contributed by atoms with E-state index in [0.29, 0.717) is 27.8 Å². The third-order valence-corrected chi connectivity index (χ3v) is 3.88. The summed E-state index contributed by atoms with van der Waals surface area (Å²) in [5, 5.41) is 23.4. The standard InChI is InChI=1S/C19H14ClN5O/c1-12-10-14(20)6-7-15(12)23-19(26)17-8-9-18(25-24-17)22-16-5-3-2-4-13(16)11-21/h2-10H,1H3,(H,22,25)(H,23,26). The first-order chi connectivity index (χ1) is 12.6. The zero-order valence-corrected chi connectivity index (χ0v) is 14.6. The Morgan fingerprint density at radius 3 is 2.58 bits per heavy atom. The zero-order valence-electron chi connectivity index (χ0n) is 13.8. The minimum Gasteiger partial charge on any atom is -0.338 e. The van der Waals surface area contributed by atoms with Gasteiger partial charge in [-0.25, -0.2) is 0 Å². The van der Waals surface area contributed by atoms with Crippen LogP contribution in [0.3, 0.4) is 0 Å². The Morgan fingerprint density at radius 2 is 1.88 bits per heavy atom. The van der Waals surface area contributed by atoms with E-state index in [0.717, 1.165) is 5.56 Å². The van der Waals surface area contributed by atoms with Crippen molar-refractivity contribution in [3.05, 3.63) is 76.4 Å². The van der Waals surface area contributed by atoms with Crippen molar-refractivity contribution in [3.63, 3.8) is 0 Å². The van der Waals surface area contributed by atoms with Gasteiger partial charge in [-0.3, -0.25) is 4.79 Å². The van der Waals surface area contributed by atoms with Crippen molar-refractivity contribution in [1.29, 1.82) is 5.26 Å². The Kier molecular flexibility index (Phi) is 5.11. The fourth-order valence-electron chi connectivity index (χ4n) is 2.30. The Balaban J connectivity index is 1.73. The molecular weight excluding hydrogens is 350 g/mol. The average molecular weight is 364 g/mol. The van der Waals surface area contributed by atoms with E-state index in [-0.39, 0.29) is 11.6 Å². The van der Waals surface area contributed by atoms with Gasteiger partial charge in [0.15, 0.2) is 11.5 Å². The molecule has 2 N–H and O–H groups in total. The SMILES string of the molecule is Cc1cc(Cl)ccc1NC(=O)c1ccc(Nc2ccccc2C#N)nn1. The van der Waals surface area contributed by atoms with Gasteiger partial charge in [0.2, 0.25) is 0 Å². The quantitative estimate of drug-likeness (QED) is 0.720.